The molecular weight excluding hydrogens is 676 g/mol. The molecule has 1 aliphatic carbocycles. The molecule has 14 heteroatoms. The number of aromatic nitrogens is 2. The zero-order valence-corrected chi connectivity index (χ0v) is 29.7. The number of methoxy groups -OCH3 is 1. The van der Waals surface area contributed by atoms with E-state index in [9.17, 15) is 25.9 Å². The maximum absolute atomic E-state index is 12.8. The quantitative estimate of drug-likeness (QED) is 0.107. The third-order valence-electron chi connectivity index (χ3n) is 7.73. The van der Waals surface area contributed by atoms with E-state index in [4.69, 9.17) is 15.0 Å². The summed E-state index contributed by atoms with van der Waals surface area (Å²) >= 11 is 0. The van der Waals surface area contributed by atoms with Crippen LogP contribution in [0.15, 0.2) is 136 Å². The van der Waals surface area contributed by atoms with Crippen molar-refractivity contribution in [2.24, 2.45) is 4.99 Å². The first-order chi connectivity index (χ1) is 23.0. The molecule has 49 heavy (non-hydrogen) atoms. The van der Waals surface area contributed by atoms with Crippen molar-refractivity contribution in [3.05, 3.63) is 132 Å². The Morgan fingerprint density at radius 3 is 2.08 bits per heavy atom. The minimum atomic E-state index is -4.82. The van der Waals surface area contributed by atoms with Gasteiger partial charge in [-0.15, -0.1) is 11.4 Å². The predicted octanol–water partition coefficient (Wildman–Crippen LogP) is 4.36. The Kier molecular flexibility index (Phi) is 9.35. The monoisotopic (exact) mass is 700 g/mol. The van der Waals surface area contributed by atoms with Crippen LogP contribution in [-0.4, -0.2) is 42.6 Å². The van der Waals surface area contributed by atoms with Gasteiger partial charge < -0.3 is 14.6 Å². The van der Waals surface area contributed by atoms with Gasteiger partial charge in [0.2, 0.25) is 0 Å². The second kappa shape index (κ2) is 13.4. The van der Waals surface area contributed by atoms with Crippen LogP contribution in [0.3, 0.4) is 0 Å². The van der Waals surface area contributed by atoms with Crippen LogP contribution in [0.25, 0.3) is 44.2 Å². The molecule has 0 saturated carbocycles. The van der Waals surface area contributed by atoms with Crippen LogP contribution in [0, 0.1) is 0 Å². The van der Waals surface area contributed by atoms with Crippen molar-refractivity contribution in [2.45, 2.75) is 9.79 Å². The maximum Gasteiger partial charge on any atom is 1.00 e. The molecule has 0 saturated heterocycles. The van der Waals surface area contributed by atoms with E-state index < -0.39 is 25.1 Å². The number of hydrogen-bond acceptors (Lipinski definition) is 7. The van der Waals surface area contributed by atoms with Crippen molar-refractivity contribution in [2.75, 3.05) is 7.11 Å². The fraction of sp³-hybridized carbons (Fsp3) is 0.0286. The van der Waals surface area contributed by atoms with Gasteiger partial charge in [-0.3, -0.25) is 9.11 Å². The summed E-state index contributed by atoms with van der Waals surface area (Å²) in [7, 11) is -8.06. The molecule has 5 aromatic rings. The first-order valence-electron chi connectivity index (χ1n) is 14.4. The molecule has 0 spiro atoms. The van der Waals surface area contributed by atoms with E-state index in [0.29, 0.717) is 39.4 Å². The summed E-state index contributed by atoms with van der Waals surface area (Å²) in [5.41, 5.74) is 3.14. The second-order valence-corrected chi connectivity index (χ2v) is 13.5. The van der Waals surface area contributed by atoms with Gasteiger partial charge in [0, 0.05) is 11.1 Å². The zero-order valence-electron chi connectivity index (χ0n) is 26.1. The second-order valence-electron chi connectivity index (χ2n) is 10.7. The Bertz CT molecular complexity index is 2630. The van der Waals surface area contributed by atoms with E-state index in [2.05, 4.69) is 4.99 Å². The molecule has 11 nitrogen and oxygen atoms in total. The summed E-state index contributed by atoms with van der Waals surface area (Å²) < 4.78 is 78.7. The first-order valence-corrected chi connectivity index (χ1v) is 17.3. The minimum absolute atomic E-state index is 0. The summed E-state index contributed by atoms with van der Waals surface area (Å²) in [4.78, 5) is 8.56. The summed E-state index contributed by atoms with van der Waals surface area (Å²) in [5.74, 6) is 0.389. The minimum Gasteiger partial charge on any atom is -0.657 e. The molecule has 1 aliphatic heterocycles. The maximum atomic E-state index is 12.8. The van der Waals surface area contributed by atoms with Gasteiger partial charge in [0.15, 0.2) is 0 Å². The van der Waals surface area contributed by atoms with Crippen molar-refractivity contribution in [1.29, 1.82) is 0 Å². The summed E-state index contributed by atoms with van der Waals surface area (Å²) in [6.07, 6.45) is 0. The smallest absolute Gasteiger partial charge is 0.657 e. The summed E-state index contributed by atoms with van der Waals surface area (Å²) in [6, 6.07) is 33.8. The van der Waals surface area contributed by atoms with Gasteiger partial charge in [-0.2, -0.15) is 16.8 Å². The molecule has 0 fully saturated rings. The molecule has 0 radical (unpaired) electrons. The normalized spacial score (nSPS) is 12.3. The third kappa shape index (κ3) is 6.57. The molecule has 0 aromatic heterocycles. The Morgan fingerprint density at radius 1 is 0.755 bits per heavy atom. The molecular formula is C35H25N4NaO7S2. The van der Waals surface area contributed by atoms with Crippen molar-refractivity contribution in [1.82, 2.24) is 9.55 Å². The van der Waals surface area contributed by atoms with Crippen LogP contribution >= 0.6 is 0 Å². The molecule has 240 valence electrons. The van der Waals surface area contributed by atoms with Crippen LogP contribution < -0.4 is 39.7 Å². The van der Waals surface area contributed by atoms with Crippen molar-refractivity contribution in [3.63, 3.8) is 0 Å². The number of nitrogens with zero attached hydrogens (tertiary/aromatic N) is 4. The molecule has 7 rings (SSSR count). The standard InChI is InChI=1S/C35H25N4O7S2.Na/c1-46-31-17-9-8-16-25(31)37-27-19-29-26(21-33(27)48(43,44)45)38-35-24-15-10-18-32(47(40,41)42)34(24)28(36-22-11-4-2-5-12-22)20-30(35)39(29)23-13-6-3-7-14-23;/h2-21H,1H3,(H,40,41,42)(H,43,44,45);/q-1;+1. The topological polar surface area (TPSA) is 162 Å². The van der Waals surface area contributed by atoms with Gasteiger partial charge >= 0.3 is 29.6 Å². The van der Waals surface area contributed by atoms with Gasteiger partial charge in [0.1, 0.15) is 21.2 Å². The van der Waals surface area contributed by atoms with E-state index in [0.717, 1.165) is 0 Å². The molecule has 5 aromatic carbocycles. The largest absolute Gasteiger partial charge is 1.00 e. The molecule has 0 unspecified atom stereocenters. The fourth-order valence-electron chi connectivity index (χ4n) is 5.70. The molecule has 0 atom stereocenters. The van der Waals surface area contributed by atoms with Gasteiger partial charge in [0.05, 0.1) is 34.9 Å². The van der Waals surface area contributed by atoms with Gasteiger partial charge in [0.25, 0.3) is 20.2 Å². The molecule has 1 heterocycles. The van der Waals surface area contributed by atoms with E-state index >= 15 is 0 Å². The number of hydrogen-bond donors (Lipinski definition) is 2. The molecule has 2 aliphatic rings. The number of ether oxygens (including phenoxy) is 1. The van der Waals surface area contributed by atoms with Crippen molar-refractivity contribution in [3.8, 4) is 22.8 Å². The third-order valence-corrected chi connectivity index (χ3v) is 9.50. The van der Waals surface area contributed by atoms with Crippen LogP contribution in [0.5, 0.6) is 5.75 Å². The Labute approximate surface area is 303 Å². The first kappa shape index (κ1) is 34.3. The molecule has 0 bridgehead atoms. The molecule has 2 N–H and O–H groups in total. The average Bonchev–Trinajstić information content (AvgIpc) is 3.07. The Hall–Kier alpha value is -4.60. The summed E-state index contributed by atoms with van der Waals surface area (Å²) in [6.45, 7) is 0. The van der Waals surface area contributed by atoms with Gasteiger partial charge in [-0.1, -0.05) is 72.8 Å². The van der Waals surface area contributed by atoms with Crippen molar-refractivity contribution >= 4 is 59.1 Å². The van der Waals surface area contributed by atoms with E-state index in [-0.39, 0.29) is 62.1 Å². The average molecular weight is 701 g/mol. The van der Waals surface area contributed by atoms with E-state index in [1.165, 1.54) is 31.4 Å². The van der Waals surface area contributed by atoms with Crippen molar-refractivity contribution < 1.29 is 60.2 Å². The molecule has 0 amide bonds. The Morgan fingerprint density at radius 2 is 1.41 bits per heavy atom. The number of para-hydroxylation sites is 4. The fourth-order valence-corrected chi connectivity index (χ4v) is 7.05. The van der Waals surface area contributed by atoms with Crippen LogP contribution in [0.2, 0.25) is 0 Å². The van der Waals surface area contributed by atoms with Crippen LogP contribution in [0.4, 0.5) is 17.1 Å². The predicted molar refractivity (Wildman–Crippen MR) is 182 cm³/mol. The van der Waals surface area contributed by atoms with Gasteiger partial charge in [-0.05, 0) is 53.9 Å². The number of benzene rings is 6. The van der Waals surface area contributed by atoms with Crippen LogP contribution in [0.1, 0.15) is 0 Å². The zero-order chi connectivity index (χ0) is 33.6. The van der Waals surface area contributed by atoms with Gasteiger partial charge in [-0.25, -0.2) is 9.98 Å². The van der Waals surface area contributed by atoms with E-state index in [1.807, 2.05) is 41.0 Å². The Balaban J connectivity index is 0.00000417. The number of rotatable bonds is 7. The van der Waals surface area contributed by atoms with Crippen LogP contribution in [-0.2, 0) is 20.2 Å². The summed E-state index contributed by atoms with van der Waals surface area (Å²) in [5, 5.41) is 5.18. The van der Waals surface area contributed by atoms with E-state index in [1.54, 1.807) is 60.7 Å². The number of fused-ring (bicyclic) bond motifs is 4. The SMILES string of the molecule is COc1ccccc1N=c1cc2n(-c3ccccc3)c3cc([N-]c4ccccc4)c4c(S(=O)(=O)O)cccc4c3nc-2cc1S(=O)(=O)O.[Na+].